The molecule has 320 valence electrons. The van der Waals surface area contributed by atoms with Gasteiger partial charge < -0.3 is 34.6 Å². The highest BCUT2D eigenvalue weighted by molar-refractivity contribution is 5.81. The number of nitrogens with one attached hydrogen (secondary N) is 3. The fourth-order valence-corrected chi connectivity index (χ4v) is 7.81. The highest BCUT2D eigenvalue weighted by Crippen LogP contribution is 2.44. The zero-order valence-corrected chi connectivity index (χ0v) is 35.5. The van der Waals surface area contributed by atoms with Crippen molar-refractivity contribution in [2.24, 2.45) is 0 Å². The molecule has 0 saturated carbocycles. The largest absolute Gasteiger partial charge is 0.449 e. The van der Waals surface area contributed by atoms with Crippen LogP contribution in [0.25, 0.3) is 11.1 Å². The average Bonchev–Trinajstić information content (AvgIpc) is 3.90. The standard InChI is InChI=1S/C50H53N5O7/c1-5-6-30-59-33-43(52-48(58)62-49(2,3)4)46-55-54-45(61-46)42(51-47(57)60-32-41-39-28-18-16-26-37(39)38-27-17-19-29-40(38)41)31-44(56)53-50(34-20-10-7-11-21-34,35-22-12-8-13-23-35)36-24-14-9-15-25-36/h7-29,41-43H,5-6,30-33H2,1-4H3,(H,51,57)(H,52,58)(H,53,56)/t42-,43-/m0/s1. The molecule has 0 aliphatic heterocycles. The molecule has 0 unspecified atom stereocenters. The van der Waals surface area contributed by atoms with Gasteiger partial charge in [0.15, 0.2) is 0 Å². The maximum Gasteiger partial charge on any atom is 0.408 e. The van der Waals surface area contributed by atoms with Gasteiger partial charge in [-0.15, -0.1) is 10.2 Å². The Labute approximate surface area is 362 Å². The van der Waals surface area contributed by atoms with E-state index in [-0.39, 0.29) is 37.3 Å². The predicted molar refractivity (Wildman–Crippen MR) is 235 cm³/mol. The quantitative estimate of drug-likeness (QED) is 0.0602. The van der Waals surface area contributed by atoms with E-state index < -0.39 is 41.3 Å². The second kappa shape index (κ2) is 19.7. The molecule has 1 aliphatic rings. The van der Waals surface area contributed by atoms with Crippen LogP contribution in [-0.4, -0.2) is 53.7 Å². The van der Waals surface area contributed by atoms with Gasteiger partial charge in [-0.1, -0.05) is 153 Å². The molecule has 5 aromatic carbocycles. The topological polar surface area (TPSA) is 154 Å². The molecule has 7 rings (SSSR count). The number of hydrogen-bond acceptors (Lipinski definition) is 9. The van der Waals surface area contributed by atoms with Crippen molar-refractivity contribution >= 4 is 18.1 Å². The summed E-state index contributed by atoms with van der Waals surface area (Å²) in [7, 11) is 0. The number of fused-ring (bicyclic) bond motifs is 3. The number of carbonyl (C=O) groups excluding carboxylic acids is 3. The molecule has 1 aliphatic carbocycles. The van der Waals surface area contributed by atoms with Crippen LogP contribution >= 0.6 is 0 Å². The van der Waals surface area contributed by atoms with E-state index in [1.165, 1.54) is 0 Å². The Morgan fingerprint density at radius 3 is 1.66 bits per heavy atom. The third-order valence-corrected chi connectivity index (χ3v) is 10.6. The molecule has 0 radical (unpaired) electrons. The number of aromatic nitrogens is 2. The minimum absolute atomic E-state index is 0.00862. The van der Waals surface area contributed by atoms with Crippen LogP contribution < -0.4 is 16.0 Å². The Kier molecular flexibility index (Phi) is 13.8. The smallest absolute Gasteiger partial charge is 0.408 e. The molecule has 0 saturated heterocycles. The van der Waals surface area contributed by atoms with Crippen LogP contribution in [0.5, 0.6) is 0 Å². The lowest BCUT2D eigenvalue weighted by atomic mass is 9.77. The molecule has 3 amide bonds. The Hall–Kier alpha value is -6.79. The van der Waals surface area contributed by atoms with E-state index in [0.29, 0.717) is 6.61 Å². The number of rotatable bonds is 17. The Balaban J connectivity index is 1.20. The van der Waals surface area contributed by atoms with Crippen LogP contribution in [0.1, 0.15) is 105 Å². The van der Waals surface area contributed by atoms with Gasteiger partial charge in [-0.05, 0) is 66.1 Å². The van der Waals surface area contributed by atoms with E-state index >= 15 is 0 Å². The number of nitrogens with zero attached hydrogens (tertiary/aromatic N) is 2. The van der Waals surface area contributed by atoms with Crippen LogP contribution in [0.3, 0.4) is 0 Å². The highest BCUT2D eigenvalue weighted by Gasteiger charge is 2.39. The van der Waals surface area contributed by atoms with E-state index in [1.807, 2.05) is 134 Å². The molecule has 1 aromatic heterocycles. The number of carbonyl (C=O) groups is 3. The zero-order valence-electron chi connectivity index (χ0n) is 35.5. The average molecular weight is 836 g/mol. The van der Waals surface area contributed by atoms with E-state index in [9.17, 15) is 14.4 Å². The summed E-state index contributed by atoms with van der Waals surface area (Å²) in [6, 6.07) is 43.3. The van der Waals surface area contributed by atoms with Gasteiger partial charge in [0.05, 0.1) is 13.0 Å². The van der Waals surface area contributed by atoms with Gasteiger partial charge in [0.2, 0.25) is 17.7 Å². The molecule has 3 N–H and O–H groups in total. The summed E-state index contributed by atoms with van der Waals surface area (Å²) in [6.07, 6.45) is -0.0760. The van der Waals surface area contributed by atoms with Crippen molar-refractivity contribution in [2.45, 2.75) is 76.1 Å². The van der Waals surface area contributed by atoms with Crippen LogP contribution in [0, 0.1) is 0 Å². The fourth-order valence-electron chi connectivity index (χ4n) is 7.81. The molecule has 0 fully saturated rings. The number of amides is 3. The van der Waals surface area contributed by atoms with Gasteiger partial charge in [0.1, 0.15) is 29.8 Å². The predicted octanol–water partition coefficient (Wildman–Crippen LogP) is 9.53. The van der Waals surface area contributed by atoms with Crippen molar-refractivity contribution in [1.29, 1.82) is 0 Å². The molecule has 2 atom stereocenters. The van der Waals surface area contributed by atoms with Crippen LogP contribution in [0.15, 0.2) is 144 Å². The second-order valence-corrected chi connectivity index (χ2v) is 16.2. The van der Waals surface area contributed by atoms with Crippen molar-refractivity contribution < 1.29 is 33.0 Å². The van der Waals surface area contributed by atoms with E-state index in [1.54, 1.807) is 20.8 Å². The first-order valence-corrected chi connectivity index (χ1v) is 21.1. The Bertz CT molecular complexity index is 2270. The summed E-state index contributed by atoms with van der Waals surface area (Å²) in [5.74, 6) is -0.690. The molecule has 62 heavy (non-hydrogen) atoms. The van der Waals surface area contributed by atoms with Gasteiger partial charge >= 0.3 is 12.2 Å². The van der Waals surface area contributed by atoms with Crippen molar-refractivity contribution in [1.82, 2.24) is 26.1 Å². The molecular formula is C50H53N5O7. The van der Waals surface area contributed by atoms with Crippen molar-refractivity contribution in [3.63, 3.8) is 0 Å². The number of alkyl carbamates (subject to hydrolysis) is 2. The molecule has 12 nitrogen and oxygen atoms in total. The SMILES string of the molecule is CCCCOC[C@H](NC(=O)OC(C)(C)C)c1nnc([C@H](CC(=O)NC(c2ccccc2)(c2ccccc2)c2ccccc2)NC(=O)OCC2c3ccccc3-c3ccccc32)o1. The van der Waals surface area contributed by atoms with Crippen LogP contribution in [0.4, 0.5) is 9.59 Å². The minimum Gasteiger partial charge on any atom is -0.449 e. The molecular weight excluding hydrogens is 783 g/mol. The Morgan fingerprint density at radius 1 is 0.661 bits per heavy atom. The van der Waals surface area contributed by atoms with Crippen LogP contribution in [-0.2, 0) is 24.5 Å². The number of hydrogen-bond donors (Lipinski definition) is 3. The van der Waals surface area contributed by atoms with Crippen molar-refractivity contribution in [3.05, 3.63) is 179 Å². The van der Waals surface area contributed by atoms with Gasteiger partial charge in [-0.2, -0.15) is 0 Å². The van der Waals surface area contributed by atoms with Gasteiger partial charge in [-0.3, -0.25) is 4.79 Å². The highest BCUT2D eigenvalue weighted by atomic mass is 16.6. The first-order chi connectivity index (χ1) is 30.1. The third-order valence-electron chi connectivity index (χ3n) is 10.6. The number of ether oxygens (including phenoxy) is 3. The molecule has 0 spiro atoms. The lowest BCUT2D eigenvalue weighted by molar-refractivity contribution is -0.123. The van der Waals surface area contributed by atoms with E-state index in [2.05, 4.69) is 38.3 Å². The van der Waals surface area contributed by atoms with Gasteiger partial charge in [0, 0.05) is 12.5 Å². The molecule has 12 heteroatoms. The fraction of sp³-hybridized carbons (Fsp3) is 0.300. The zero-order chi connectivity index (χ0) is 43.5. The Morgan fingerprint density at radius 2 is 1.15 bits per heavy atom. The van der Waals surface area contributed by atoms with Crippen molar-refractivity contribution in [3.8, 4) is 11.1 Å². The molecule has 6 aromatic rings. The first-order valence-electron chi connectivity index (χ1n) is 21.1. The molecule has 1 heterocycles. The van der Waals surface area contributed by atoms with E-state index in [0.717, 1.165) is 51.8 Å². The summed E-state index contributed by atoms with van der Waals surface area (Å²) in [5, 5.41) is 17.6. The third kappa shape index (κ3) is 10.2. The monoisotopic (exact) mass is 835 g/mol. The first kappa shape index (κ1) is 43.3. The summed E-state index contributed by atoms with van der Waals surface area (Å²) >= 11 is 0. The van der Waals surface area contributed by atoms with Gasteiger partial charge in [-0.25, -0.2) is 9.59 Å². The maximum absolute atomic E-state index is 14.7. The summed E-state index contributed by atoms with van der Waals surface area (Å²) in [4.78, 5) is 41.6. The summed E-state index contributed by atoms with van der Waals surface area (Å²) in [5.41, 5.74) is 4.88. The second-order valence-electron chi connectivity index (χ2n) is 16.2. The summed E-state index contributed by atoms with van der Waals surface area (Å²) in [6.45, 7) is 7.84. The van der Waals surface area contributed by atoms with Crippen LogP contribution in [0.2, 0.25) is 0 Å². The van der Waals surface area contributed by atoms with E-state index in [4.69, 9.17) is 18.6 Å². The van der Waals surface area contributed by atoms with Crippen molar-refractivity contribution in [2.75, 3.05) is 19.8 Å². The van der Waals surface area contributed by atoms with Gasteiger partial charge in [0.25, 0.3) is 0 Å². The normalized spacial score (nSPS) is 13.3. The lowest BCUT2D eigenvalue weighted by Gasteiger charge is -2.37. The number of benzene rings is 5. The number of unbranched alkanes of at least 4 members (excludes halogenated alkanes) is 1. The summed E-state index contributed by atoms with van der Waals surface area (Å²) < 4.78 is 23.6. The maximum atomic E-state index is 14.7. The molecule has 0 bridgehead atoms. The lowest BCUT2D eigenvalue weighted by Crippen LogP contribution is -2.48. The minimum atomic E-state index is -1.16.